The van der Waals surface area contributed by atoms with Gasteiger partial charge in [-0.25, -0.2) is 0 Å². The van der Waals surface area contributed by atoms with Gasteiger partial charge in [0.1, 0.15) is 0 Å². The van der Waals surface area contributed by atoms with Crippen LogP contribution in [0.25, 0.3) is 0 Å². The van der Waals surface area contributed by atoms with Crippen LogP contribution >= 0.6 is 12.4 Å². The van der Waals surface area contributed by atoms with Crippen molar-refractivity contribution in [2.75, 3.05) is 0 Å². The van der Waals surface area contributed by atoms with Gasteiger partial charge in [0.15, 0.2) is 0 Å². The first-order chi connectivity index (χ1) is 7.37. The lowest BCUT2D eigenvalue weighted by Gasteiger charge is -2.11. The average Bonchev–Trinajstić information content (AvgIpc) is 2.91. The normalized spacial score (nSPS) is 27.5. The minimum atomic E-state index is -4.27. The molecule has 2 atom stereocenters. The molecule has 0 aromatic heterocycles. The van der Waals surface area contributed by atoms with Crippen LogP contribution < -0.4 is 5.73 Å². The standard InChI is InChI=1S/C12H14F3N.ClH/c1-2-11(16)7-10(11)8-4-3-5-9(6-8)12(13,14)15;/h3-6,10H,2,7,16H2,1H3;1H/t10-,11-;/m1./s1. The van der Waals surface area contributed by atoms with E-state index in [0.717, 1.165) is 18.9 Å². The molecule has 0 unspecified atom stereocenters. The Morgan fingerprint density at radius 1 is 1.41 bits per heavy atom. The van der Waals surface area contributed by atoms with Crippen molar-refractivity contribution >= 4 is 12.4 Å². The Morgan fingerprint density at radius 3 is 2.53 bits per heavy atom. The highest BCUT2D eigenvalue weighted by molar-refractivity contribution is 5.85. The Balaban J connectivity index is 0.00000144. The van der Waals surface area contributed by atoms with E-state index in [9.17, 15) is 13.2 Å². The third-order valence-corrected chi connectivity index (χ3v) is 3.39. The molecule has 1 saturated carbocycles. The topological polar surface area (TPSA) is 26.0 Å². The van der Waals surface area contributed by atoms with Crippen molar-refractivity contribution in [3.8, 4) is 0 Å². The second kappa shape index (κ2) is 4.50. The molecule has 1 nitrogen and oxygen atoms in total. The fourth-order valence-corrected chi connectivity index (χ4v) is 2.09. The number of hydrogen-bond donors (Lipinski definition) is 1. The highest BCUT2D eigenvalue weighted by Crippen LogP contribution is 2.51. The highest BCUT2D eigenvalue weighted by atomic mass is 35.5. The van der Waals surface area contributed by atoms with E-state index in [2.05, 4.69) is 0 Å². The van der Waals surface area contributed by atoms with Gasteiger partial charge in [-0.1, -0.05) is 25.1 Å². The molecule has 1 aliphatic carbocycles. The first-order valence-corrected chi connectivity index (χ1v) is 5.33. The summed E-state index contributed by atoms with van der Waals surface area (Å²) < 4.78 is 37.5. The number of rotatable bonds is 2. The molecule has 1 aromatic rings. The third kappa shape index (κ3) is 2.75. The summed E-state index contributed by atoms with van der Waals surface area (Å²) in [6.07, 6.45) is -2.69. The van der Waals surface area contributed by atoms with Crippen LogP contribution in [0.5, 0.6) is 0 Å². The molecule has 0 spiro atoms. The van der Waals surface area contributed by atoms with Crippen molar-refractivity contribution in [3.05, 3.63) is 35.4 Å². The number of nitrogens with two attached hydrogens (primary N) is 1. The van der Waals surface area contributed by atoms with Crippen molar-refractivity contribution in [2.24, 2.45) is 5.73 Å². The Labute approximate surface area is 105 Å². The fraction of sp³-hybridized carbons (Fsp3) is 0.500. The van der Waals surface area contributed by atoms with Crippen molar-refractivity contribution in [2.45, 2.75) is 37.4 Å². The van der Waals surface area contributed by atoms with Gasteiger partial charge in [0.05, 0.1) is 5.56 Å². The predicted molar refractivity (Wildman–Crippen MR) is 63.3 cm³/mol. The van der Waals surface area contributed by atoms with Gasteiger partial charge in [0.2, 0.25) is 0 Å². The lowest BCUT2D eigenvalue weighted by Crippen LogP contribution is -2.22. The summed E-state index contributed by atoms with van der Waals surface area (Å²) in [5.41, 5.74) is 5.83. The van der Waals surface area contributed by atoms with Gasteiger partial charge in [0.25, 0.3) is 0 Å². The minimum Gasteiger partial charge on any atom is -0.325 e. The molecule has 0 heterocycles. The van der Waals surface area contributed by atoms with Gasteiger partial charge < -0.3 is 5.73 Å². The predicted octanol–water partition coefficient (Wildman–Crippen LogP) is 3.72. The van der Waals surface area contributed by atoms with E-state index in [1.807, 2.05) is 6.92 Å². The van der Waals surface area contributed by atoms with E-state index < -0.39 is 11.7 Å². The van der Waals surface area contributed by atoms with Crippen LogP contribution in [-0.4, -0.2) is 5.54 Å². The number of benzene rings is 1. The quantitative estimate of drug-likeness (QED) is 0.866. The maximum Gasteiger partial charge on any atom is 0.416 e. The molecule has 2 rings (SSSR count). The largest absolute Gasteiger partial charge is 0.416 e. The van der Waals surface area contributed by atoms with E-state index in [1.54, 1.807) is 6.07 Å². The highest BCUT2D eigenvalue weighted by Gasteiger charge is 2.50. The number of hydrogen-bond acceptors (Lipinski definition) is 1. The van der Waals surface area contributed by atoms with Gasteiger partial charge >= 0.3 is 6.18 Å². The summed E-state index contributed by atoms with van der Waals surface area (Å²) in [7, 11) is 0. The Bertz CT molecular complexity index is 405. The summed E-state index contributed by atoms with van der Waals surface area (Å²) in [6, 6.07) is 5.49. The van der Waals surface area contributed by atoms with Gasteiger partial charge in [-0.15, -0.1) is 12.4 Å². The van der Waals surface area contributed by atoms with Crippen LogP contribution in [0, 0.1) is 0 Å². The monoisotopic (exact) mass is 265 g/mol. The van der Waals surface area contributed by atoms with Crippen molar-refractivity contribution in [1.29, 1.82) is 0 Å². The average molecular weight is 266 g/mol. The second-order valence-electron chi connectivity index (χ2n) is 4.47. The molecule has 2 N–H and O–H groups in total. The number of halogens is 4. The molecule has 96 valence electrons. The molecule has 0 aliphatic heterocycles. The molecule has 1 aromatic carbocycles. The third-order valence-electron chi connectivity index (χ3n) is 3.39. The maximum absolute atomic E-state index is 12.5. The minimum absolute atomic E-state index is 0. The van der Waals surface area contributed by atoms with Crippen molar-refractivity contribution in [3.63, 3.8) is 0 Å². The van der Waals surface area contributed by atoms with Crippen molar-refractivity contribution < 1.29 is 13.2 Å². The Hall–Kier alpha value is -0.740. The van der Waals surface area contributed by atoms with E-state index in [1.165, 1.54) is 12.1 Å². The lowest BCUT2D eigenvalue weighted by atomic mass is 10.0. The van der Waals surface area contributed by atoms with Crippen LogP contribution in [-0.2, 0) is 6.18 Å². The molecule has 5 heteroatoms. The Kier molecular flexibility index (Phi) is 3.79. The molecular formula is C12H15ClF3N. The van der Waals surface area contributed by atoms with Gasteiger partial charge in [-0.3, -0.25) is 0 Å². The van der Waals surface area contributed by atoms with E-state index in [4.69, 9.17) is 5.73 Å². The molecule has 0 saturated heterocycles. The summed E-state index contributed by atoms with van der Waals surface area (Å²) in [6.45, 7) is 1.97. The summed E-state index contributed by atoms with van der Waals surface area (Å²) in [5.74, 6) is 0.0831. The van der Waals surface area contributed by atoms with Crippen LogP contribution in [0.1, 0.15) is 36.8 Å². The molecule has 1 fully saturated rings. The van der Waals surface area contributed by atoms with Crippen LogP contribution in [0.3, 0.4) is 0 Å². The first kappa shape index (κ1) is 14.3. The maximum atomic E-state index is 12.5. The van der Waals surface area contributed by atoms with Gasteiger partial charge in [-0.2, -0.15) is 13.2 Å². The van der Waals surface area contributed by atoms with Crippen LogP contribution in [0.4, 0.5) is 13.2 Å². The number of alkyl halides is 3. The Morgan fingerprint density at radius 2 is 2.06 bits per heavy atom. The molecule has 17 heavy (non-hydrogen) atoms. The molecule has 0 amide bonds. The molecule has 1 aliphatic rings. The fourth-order valence-electron chi connectivity index (χ4n) is 2.09. The molecule has 0 radical (unpaired) electrons. The smallest absolute Gasteiger partial charge is 0.325 e. The van der Waals surface area contributed by atoms with E-state index in [-0.39, 0.29) is 23.9 Å². The van der Waals surface area contributed by atoms with Crippen LogP contribution in [0.2, 0.25) is 0 Å². The summed E-state index contributed by atoms with van der Waals surface area (Å²) in [5, 5.41) is 0. The summed E-state index contributed by atoms with van der Waals surface area (Å²) in [4.78, 5) is 0. The SMILES string of the molecule is CC[C@@]1(N)C[C@@H]1c1cccc(C(F)(F)F)c1.Cl. The lowest BCUT2D eigenvalue weighted by molar-refractivity contribution is -0.137. The second-order valence-corrected chi connectivity index (χ2v) is 4.47. The van der Waals surface area contributed by atoms with Crippen LogP contribution in [0.15, 0.2) is 24.3 Å². The van der Waals surface area contributed by atoms with Crippen molar-refractivity contribution in [1.82, 2.24) is 0 Å². The first-order valence-electron chi connectivity index (χ1n) is 5.33. The molecule has 0 bridgehead atoms. The zero-order valence-corrected chi connectivity index (χ0v) is 10.2. The van der Waals surface area contributed by atoms with E-state index in [0.29, 0.717) is 5.56 Å². The van der Waals surface area contributed by atoms with Gasteiger partial charge in [-0.05, 0) is 24.5 Å². The van der Waals surface area contributed by atoms with E-state index >= 15 is 0 Å². The zero-order valence-electron chi connectivity index (χ0n) is 9.42. The zero-order chi connectivity index (χ0) is 12.0. The van der Waals surface area contributed by atoms with Gasteiger partial charge in [0, 0.05) is 11.5 Å². The summed E-state index contributed by atoms with van der Waals surface area (Å²) >= 11 is 0. The molecular weight excluding hydrogens is 251 g/mol.